The molecule has 0 aliphatic heterocycles. The predicted octanol–water partition coefficient (Wildman–Crippen LogP) is 2.92. The van der Waals surface area contributed by atoms with Crippen molar-refractivity contribution < 1.29 is 0 Å². The van der Waals surface area contributed by atoms with Gasteiger partial charge in [-0.2, -0.15) is 0 Å². The van der Waals surface area contributed by atoms with E-state index in [0.717, 1.165) is 54.5 Å². The quantitative estimate of drug-likeness (QED) is 0.879. The molecule has 2 aromatic rings. The second-order valence-corrected chi connectivity index (χ2v) is 4.90. The Morgan fingerprint density at radius 1 is 1.15 bits per heavy atom. The van der Waals surface area contributed by atoms with E-state index in [4.69, 9.17) is 4.98 Å². The summed E-state index contributed by atoms with van der Waals surface area (Å²) < 4.78 is 2.08. The number of imidazole rings is 1. The zero-order valence-electron chi connectivity index (χ0n) is 12.8. The van der Waals surface area contributed by atoms with Gasteiger partial charge < -0.3 is 5.32 Å². The second kappa shape index (κ2) is 6.50. The summed E-state index contributed by atoms with van der Waals surface area (Å²) in [4.78, 5) is 13.7. The third-order valence-corrected chi connectivity index (χ3v) is 3.30. The van der Waals surface area contributed by atoms with Crippen LogP contribution >= 0.6 is 0 Å². The van der Waals surface area contributed by atoms with Crippen LogP contribution in [-0.4, -0.2) is 26.6 Å². The molecule has 0 saturated heterocycles. The second-order valence-electron chi connectivity index (χ2n) is 4.90. The van der Waals surface area contributed by atoms with Gasteiger partial charge in [-0.15, -0.1) is 0 Å². The van der Waals surface area contributed by atoms with Gasteiger partial charge in [0.1, 0.15) is 23.3 Å². The van der Waals surface area contributed by atoms with Gasteiger partial charge in [-0.3, -0.25) is 4.57 Å². The van der Waals surface area contributed by atoms with Gasteiger partial charge in [-0.25, -0.2) is 15.0 Å². The molecule has 2 heterocycles. The fourth-order valence-corrected chi connectivity index (χ4v) is 2.30. The van der Waals surface area contributed by atoms with E-state index in [1.807, 2.05) is 26.4 Å². The highest BCUT2D eigenvalue weighted by Crippen LogP contribution is 2.21. The van der Waals surface area contributed by atoms with Gasteiger partial charge in [0, 0.05) is 37.8 Å². The lowest BCUT2D eigenvalue weighted by Crippen LogP contribution is -2.11. The van der Waals surface area contributed by atoms with Crippen LogP contribution in [0.2, 0.25) is 0 Å². The first-order valence-corrected chi connectivity index (χ1v) is 7.29. The van der Waals surface area contributed by atoms with Crippen molar-refractivity contribution in [2.24, 2.45) is 0 Å². The molecule has 0 spiro atoms. The summed E-state index contributed by atoms with van der Waals surface area (Å²) in [6.45, 7) is 6.35. The lowest BCUT2D eigenvalue weighted by molar-refractivity contribution is 0.770. The van der Waals surface area contributed by atoms with Crippen LogP contribution in [-0.2, 0) is 12.8 Å². The first-order chi connectivity index (χ1) is 9.71. The van der Waals surface area contributed by atoms with E-state index < -0.39 is 0 Å². The van der Waals surface area contributed by atoms with Crippen LogP contribution in [0, 0.1) is 6.92 Å². The lowest BCUT2D eigenvalue weighted by Gasteiger charge is -2.14. The monoisotopic (exact) mass is 273 g/mol. The van der Waals surface area contributed by atoms with E-state index in [1.165, 1.54) is 0 Å². The zero-order chi connectivity index (χ0) is 14.5. The number of aryl methyl sites for hydroxylation is 2. The average Bonchev–Trinajstić information content (AvgIpc) is 2.89. The van der Waals surface area contributed by atoms with E-state index >= 15 is 0 Å². The third kappa shape index (κ3) is 2.81. The van der Waals surface area contributed by atoms with Gasteiger partial charge in [-0.05, 0) is 19.8 Å². The van der Waals surface area contributed by atoms with Crippen LogP contribution in [0.5, 0.6) is 0 Å². The smallest absolute Gasteiger partial charge is 0.146 e. The maximum atomic E-state index is 4.73. The Balaban J connectivity index is 2.53. The number of aromatic nitrogens is 4. The van der Waals surface area contributed by atoms with Crippen molar-refractivity contribution in [2.75, 3.05) is 12.4 Å². The molecule has 0 aliphatic rings. The molecule has 0 fully saturated rings. The molecule has 2 rings (SSSR count). The van der Waals surface area contributed by atoms with Crippen LogP contribution in [0.3, 0.4) is 0 Å². The highest BCUT2D eigenvalue weighted by Gasteiger charge is 2.13. The van der Waals surface area contributed by atoms with Crippen LogP contribution in [0.4, 0.5) is 5.82 Å². The molecule has 5 heteroatoms. The van der Waals surface area contributed by atoms with E-state index in [2.05, 4.69) is 33.7 Å². The number of anilines is 1. The Hall–Kier alpha value is -1.91. The van der Waals surface area contributed by atoms with Crippen LogP contribution in [0.15, 0.2) is 12.4 Å². The number of hydrogen-bond acceptors (Lipinski definition) is 4. The Kier molecular flexibility index (Phi) is 4.71. The van der Waals surface area contributed by atoms with Gasteiger partial charge in [0.25, 0.3) is 0 Å². The van der Waals surface area contributed by atoms with Crippen molar-refractivity contribution in [1.29, 1.82) is 0 Å². The van der Waals surface area contributed by atoms with Crippen molar-refractivity contribution in [3.05, 3.63) is 29.6 Å². The van der Waals surface area contributed by atoms with Crippen molar-refractivity contribution in [3.63, 3.8) is 0 Å². The summed E-state index contributed by atoms with van der Waals surface area (Å²) >= 11 is 0. The fraction of sp³-hybridized carbons (Fsp3) is 0.533. The van der Waals surface area contributed by atoms with Crippen LogP contribution < -0.4 is 5.32 Å². The zero-order valence-corrected chi connectivity index (χ0v) is 12.8. The highest BCUT2D eigenvalue weighted by molar-refractivity contribution is 5.51. The van der Waals surface area contributed by atoms with Crippen molar-refractivity contribution in [1.82, 2.24) is 19.5 Å². The van der Waals surface area contributed by atoms with E-state index in [1.54, 1.807) is 0 Å². The fourth-order valence-electron chi connectivity index (χ4n) is 2.30. The normalized spacial score (nSPS) is 10.8. The molecule has 0 atom stereocenters. The first kappa shape index (κ1) is 14.5. The largest absolute Gasteiger partial charge is 0.373 e. The van der Waals surface area contributed by atoms with E-state index in [-0.39, 0.29) is 0 Å². The molecular weight excluding hydrogens is 250 g/mol. The Bertz CT molecular complexity index is 574. The molecule has 0 amide bonds. The summed E-state index contributed by atoms with van der Waals surface area (Å²) in [5.41, 5.74) is 1.06. The molecule has 2 aromatic heterocycles. The molecule has 0 aliphatic carbocycles. The number of nitrogens with one attached hydrogen (secondary N) is 1. The lowest BCUT2D eigenvalue weighted by atomic mass is 10.2. The molecule has 0 radical (unpaired) electrons. The summed E-state index contributed by atoms with van der Waals surface area (Å²) in [6.07, 6.45) is 7.77. The Morgan fingerprint density at radius 2 is 1.90 bits per heavy atom. The van der Waals surface area contributed by atoms with E-state index in [9.17, 15) is 0 Å². The molecule has 0 bridgehead atoms. The van der Waals surface area contributed by atoms with Crippen molar-refractivity contribution >= 4 is 5.82 Å². The molecule has 0 unspecified atom stereocenters. The standard InChI is InChI=1S/C15H23N5/c1-5-7-12-18-14(16-4)11(3)15(19-12)20-10-9-17-13(20)8-6-2/h9-10H,5-8H2,1-4H3,(H,16,18,19). The summed E-state index contributed by atoms with van der Waals surface area (Å²) in [5, 5.41) is 3.16. The van der Waals surface area contributed by atoms with Gasteiger partial charge in [-0.1, -0.05) is 13.8 Å². The molecular formula is C15H23N5. The van der Waals surface area contributed by atoms with Gasteiger partial charge in [0.15, 0.2) is 0 Å². The van der Waals surface area contributed by atoms with Gasteiger partial charge >= 0.3 is 0 Å². The molecule has 108 valence electrons. The minimum atomic E-state index is 0.883. The number of nitrogens with zero attached hydrogens (tertiary/aromatic N) is 4. The predicted molar refractivity (Wildman–Crippen MR) is 81.4 cm³/mol. The summed E-state index contributed by atoms with van der Waals surface area (Å²) in [6, 6.07) is 0. The Labute approximate surface area is 120 Å². The summed E-state index contributed by atoms with van der Waals surface area (Å²) in [7, 11) is 1.90. The van der Waals surface area contributed by atoms with Crippen LogP contribution in [0.1, 0.15) is 43.9 Å². The van der Waals surface area contributed by atoms with Gasteiger partial charge in [0.2, 0.25) is 0 Å². The minimum Gasteiger partial charge on any atom is -0.373 e. The minimum absolute atomic E-state index is 0.883. The van der Waals surface area contributed by atoms with Gasteiger partial charge in [0.05, 0.1) is 0 Å². The molecule has 1 N–H and O–H groups in total. The molecule has 5 nitrogen and oxygen atoms in total. The molecule has 0 saturated carbocycles. The average molecular weight is 273 g/mol. The number of hydrogen-bond donors (Lipinski definition) is 1. The molecule has 20 heavy (non-hydrogen) atoms. The third-order valence-electron chi connectivity index (χ3n) is 3.30. The van der Waals surface area contributed by atoms with E-state index in [0.29, 0.717) is 0 Å². The maximum absolute atomic E-state index is 4.73. The Morgan fingerprint density at radius 3 is 2.55 bits per heavy atom. The molecule has 0 aromatic carbocycles. The SMILES string of the molecule is CCCc1nc(NC)c(C)c(-n2ccnc2CCC)n1. The topological polar surface area (TPSA) is 55.6 Å². The summed E-state index contributed by atoms with van der Waals surface area (Å²) in [5.74, 6) is 3.77. The maximum Gasteiger partial charge on any atom is 0.146 e. The van der Waals surface area contributed by atoms with Crippen molar-refractivity contribution in [2.45, 2.75) is 46.5 Å². The first-order valence-electron chi connectivity index (χ1n) is 7.29. The van der Waals surface area contributed by atoms with Crippen LogP contribution in [0.25, 0.3) is 5.82 Å². The van der Waals surface area contributed by atoms with Crippen molar-refractivity contribution in [3.8, 4) is 5.82 Å². The highest BCUT2D eigenvalue weighted by atomic mass is 15.2. The number of rotatable bonds is 6.